The van der Waals surface area contributed by atoms with Gasteiger partial charge in [-0.3, -0.25) is 0 Å². The fourth-order valence-electron chi connectivity index (χ4n) is 1.61. The molecule has 102 valence electrons. The fourth-order valence-corrected chi connectivity index (χ4v) is 1.61. The molecule has 0 saturated carbocycles. The van der Waals surface area contributed by atoms with E-state index in [9.17, 15) is 0 Å². The molecular formula is C14H19N3O2. The normalized spacial score (nSPS) is 12.4. The van der Waals surface area contributed by atoms with Crippen molar-refractivity contribution in [2.75, 3.05) is 6.61 Å². The summed E-state index contributed by atoms with van der Waals surface area (Å²) >= 11 is 0. The maximum atomic E-state index is 5.86. The lowest BCUT2D eigenvalue weighted by Crippen LogP contribution is -2.08. The summed E-state index contributed by atoms with van der Waals surface area (Å²) in [6.07, 6.45) is 1.74. The first kappa shape index (κ1) is 13.5. The number of nitrogens with two attached hydrogens (primary N) is 1. The van der Waals surface area contributed by atoms with Gasteiger partial charge >= 0.3 is 0 Å². The van der Waals surface area contributed by atoms with E-state index in [1.54, 1.807) is 0 Å². The Balaban J connectivity index is 2.19. The van der Waals surface area contributed by atoms with Gasteiger partial charge in [-0.25, -0.2) is 0 Å². The molecule has 5 heteroatoms. The number of ether oxygens (including phenoxy) is 1. The molecule has 0 amide bonds. The molecule has 0 saturated heterocycles. The lowest BCUT2D eigenvalue weighted by molar-refractivity contribution is 0.317. The Morgan fingerprint density at radius 3 is 2.89 bits per heavy atom. The number of benzene rings is 1. The van der Waals surface area contributed by atoms with Crippen LogP contribution in [0.1, 0.15) is 38.6 Å². The largest absolute Gasteiger partial charge is 0.494 e. The predicted molar refractivity (Wildman–Crippen MR) is 72.7 cm³/mol. The third-order valence-corrected chi connectivity index (χ3v) is 2.75. The summed E-state index contributed by atoms with van der Waals surface area (Å²) in [5, 5.41) is 8.00. The standard InChI is InChI=1S/C14H19N3O2/c1-3-8-18-11-7-5-6-10(9-11)13-16-17-14(19-13)12(15)4-2/h5-7,9,12H,3-4,8,15H2,1-2H3. The maximum Gasteiger partial charge on any atom is 0.247 e. The summed E-state index contributed by atoms with van der Waals surface area (Å²) in [5.74, 6) is 1.75. The molecule has 0 aliphatic carbocycles. The van der Waals surface area contributed by atoms with Gasteiger partial charge in [-0.2, -0.15) is 0 Å². The smallest absolute Gasteiger partial charge is 0.247 e. The minimum atomic E-state index is -0.208. The van der Waals surface area contributed by atoms with Crippen molar-refractivity contribution >= 4 is 0 Å². The molecule has 1 atom stereocenters. The van der Waals surface area contributed by atoms with E-state index in [2.05, 4.69) is 17.1 Å². The SMILES string of the molecule is CCCOc1cccc(-c2nnc(C(N)CC)o2)c1. The van der Waals surface area contributed by atoms with Crippen LogP contribution in [0, 0.1) is 0 Å². The van der Waals surface area contributed by atoms with Gasteiger partial charge in [-0.05, 0) is 31.0 Å². The second-order valence-corrected chi connectivity index (χ2v) is 4.34. The van der Waals surface area contributed by atoms with Gasteiger partial charge in [0.1, 0.15) is 5.75 Å². The molecule has 5 nitrogen and oxygen atoms in total. The average Bonchev–Trinajstić information content (AvgIpc) is 2.94. The van der Waals surface area contributed by atoms with Crippen molar-refractivity contribution in [3.05, 3.63) is 30.2 Å². The van der Waals surface area contributed by atoms with Crippen LogP contribution in [-0.2, 0) is 0 Å². The Labute approximate surface area is 112 Å². The monoisotopic (exact) mass is 261 g/mol. The molecule has 1 aromatic carbocycles. The van der Waals surface area contributed by atoms with Crippen LogP contribution in [0.15, 0.2) is 28.7 Å². The molecule has 2 rings (SSSR count). The lowest BCUT2D eigenvalue weighted by atomic mass is 10.2. The van der Waals surface area contributed by atoms with Gasteiger partial charge in [-0.15, -0.1) is 10.2 Å². The van der Waals surface area contributed by atoms with Crippen molar-refractivity contribution in [2.24, 2.45) is 5.73 Å². The first-order chi connectivity index (χ1) is 9.24. The first-order valence-corrected chi connectivity index (χ1v) is 6.56. The van der Waals surface area contributed by atoms with E-state index in [4.69, 9.17) is 14.9 Å². The zero-order chi connectivity index (χ0) is 13.7. The third-order valence-electron chi connectivity index (χ3n) is 2.75. The van der Waals surface area contributed by atoms with Gasteiger partial charge in [0.15, 0.2) is 0 Å². The van der Waals surface area contributed by atoms with Crippen molar-refractivity contribution in [3.8, 4) is 17.2 Å². The molecule has 1 unspecified atom stereocenters. The molecule has 0 fully saturated rings. The number of hydrogen-bond donors (Lipinski definition) is 1. The zero-order valence-corrected chi connectivity index (χ0v) is 11.3. The van der Waals surface area contributed by atoms with E-state index >= 15 is 0 Å². The maximum absolute atomic E-state index is 5.86. The second kappa shape index (κ2) is 6.33. The highest BCUT2D eigenvalue weighted by Crippen LogP contribution is 2.24. The summed E-state index contributed by atoms with van der Waals surface area (Å²) in [5.41, 5.74) is 6.70. The first-order valence-electron chi connectivity index (χ1n) is 6.56. The Kier molecular flexibility index (Phi) is 4.52. The van der Waals surface area contributed by atoms with E-state index in [0.717, 1.165) is 24.2 Å². The van der Waals surface area contributed by atoms with Gasteiger partial charge in [0.05, 0.1) is 12.6 Å². The Morgan fingerprint density at radius 1 is 1.32 bits per heavy atom. The van der Waals surface area contributed by atoms with E-state index in [-0.39, 0.29) is 6.04 Å². The van der Waals surface area contributed by atoms with Crippen LogP contribution >= 0.6 is 0 Å². The molecule has 0 spiro atoms. The topological polar surface area (TPSA) is 74.2 Å². The van der Waals surface area contributed by atoms with E-state index in [1.807, 2.05) is 31.2 Å². The van der Waals surface area contributed by atoms with Gasteiger partial charge < -0.3 is 14.9 Å². The molecule has 2 N–H and O–H groups in total. The van der Waals surface area contributed by atoms with Crippen LogP contribution in [0.25, 0.3) is 11.5 Å². The molecule has 0 aliphatic heterocycles. The minimum Gasteiger partial charge on any atom is -0.494 e. The van der Waals surface area contributed by atoms with Gasteiger partial charge in [0.2, 0.25) is 11.8 Å². The Morgan fingerprint density at radius 2 is 2.16 bits per heavy atom. The Bertz CT molecular complexity index is 525. The summed E-state index contributed by atoms with van der Waals surface area (Å²) in [7, 11) is 0. The van der Waals surface area contributed by atoms with Crippen LogP contribution in [0.2, 0.25) is 0 Å². The number of rotatable bonds is 6. The molecule has 1 heterocycles. The Hall–Kier alpha value is -1.88. The third kappa shape index (κ3) is 3.32. The molecular weight excluding hydrogens is 242 g/mol. The van der Waals surface area contributed by atoms with Gasteiger partial charge in [-0.1, -0.05) is 19.9 Å². The van der Waals surface area contributed by atoms with Crippen molar-refractivity contribution in [1.29, 1.82) is 0 Å². The highest BCUT2D eigenvalue weighted by Gasteiger charge is 2.14. The quantitative estimate of drug-likeness (QED) is 0.865. The fraction of sp³-hybridized carbons (Fsp3) is 0.429. The van der Waals surface area contributed by atoms with Crippen LogP contribution < -0.4 is 10.5 Å². The predicted octanol–water partition coefficient (Wildman–Crippen LogP) is 2.94. The van der Waals surface area contributed by atoms with Crippen molar-refractivity contribution in [1.82, 2.24) is 10.2 Å². The van der Waals surface area contributed by atoms with Gasteiger partial charge in [0, 0.05) is 5.56 Å². The van der Waals surface area contributed by atoms with E-state index in [0.29, 0.717) is 18.4 Å². The number of aromatic nitrogens is 2. The van der Waals surface area contributed by atoms with E-state index in [1.165, 1.54) is 0 Å². The summed E-state index contributed by atoms with van der Waals surface area (Å²) in [6, 6.07) is 7.41. The summed E-state index contributed by atoms with van der Waals surface area (Å²) in [4.78, 5) is 0. The molecule has 2 aromatic rings. The number of nitrogens with zero attached hydrogens (tertiary/aromatic N) is 2. The second-order valence-electron chi connectivity index (χ2n) is 4.34. The summed E-state index contributed by atoms with van der Waals surface area (Å²) in [6.45, 7) is 4.74. The highest BCUT2D eigenvalue weighted by atomic mass is 16.5. The average molecular weight is 261 g/mol. The van der Waals surface area contributed by atoms with Crippen LogP contribution in [0.3, 0.4) is 0 Å². The molecule has 19 heavy (non-hydrogen) atoms. The van der Waals surface area contributed by atoms with Crippen molar-refractivity contribution in [3.63, 3.8) is 0 Å². The zero-order valence-electron chi connectivity index (χ0n) is 11.3. The highest BCUT2D eigenvalue weighted by molar-refractivity contribution is 5.55. The van der Waals surface area contributed by atoms with Crippen LogP contribution in [0.5, 0.6) is 5.75 Å². The minimum absolute atomic E-state index is 0.208. The van der Waals surface area contributed by atoms with Crippen LogP contribution in [0.4, 0.5) is 0 Å². The van der Waals surface area contributed by atoms with Gasteiger partial charge in [0.25, 0.3) is 0 Å². The number of hydrogen-bond acceptors (Lipinski definition) is 5. The lowest BCUT2D eigenvalue weighted by Gasteiger charge is -2.05. The van der Waals surface area contributed by atoms with Crippen molar-refractivity contribution in [2.45, 2.75) is 32.7 Å². The van der Waals surface area contributed by atoms with Crippen molar-refractivity contribution < 1.29 is 9.15 Å². The van der Waals surface area contributed by atoms with E-state index < -0.39 is 0 Å². The molecule has 0 radical (unpaired) electrons. The molecule has 0 aliphatic rings. The molecule has 1 aromatic heterocycles. The van der Waals surface area contributed by atoms with Crippen LogP contribution in [-0.4, -0.2) is 16.8 Å². The summed E-state index contributed by atoms with van der Waals surface area (Å²) < 4.78 is 11.2. The molecule has 0 bridgehead atoms.